The van der Waals surface area contributed by atoms with Gasteiger partial charge in [-0.2, -0.15) is 0 Å². The summed E-state index contributed by atoms with van der Waals surface area (Å²) < 4.78 is 5.14. The highest BCUT2D eigenvalue weighted by Crippen LogP contribution is 2.24. The summed E-state index contributed by atoms with van der Waals surface area (Å²) in [6.45, 7) is 4.61. The number of ether oxygens (including phenoxy) is 1. The molecule has 0 aliphatic carbocycles. The third kappa shape index (κ3) is 5.10. The SMILES string of the molecule is CCOC(=O)[C@H]1CCCCN1C(=O)CSc1nc(C)cc(-c2ccccc2)n1. The lowest BCUT2D eigenvalue weighted by Gasteiger charge is -2.33. The molecule has 0 unspecified atom stereocenters. The lowest BCUT2D eigenvalue weighted by Crippen LogP contribution is -2.49. The number of aryl methyl sites for hydroxylation is 1. The van der Waals surface area contributed by atoms with Gasteiger partial charge in [0.05, 0.1) is 18.1 Å². The minimum absolute atomic E-state index is 0.0749. The lowest BCUT2D eigenvalue weighted by molar-refractivity contribution is -0.155. The predicted molar refractivity (Wildman–Crippen MR) is 109 cm³/mol. The summed E-state index contributed by atoms with van der Waals surface area (Å²) in [5.41, 5.74) is 2.70. The number of carbonyl (C=O) groups excluding carboxylic acids is 2. The van der Waals surface area contributed by atoms with Crippen LogP contribution in [0.5, 0.6) is 0 Å². The second-order valence-corrected chi connectivity index (χ2v) is 7.63. The molecule has 1 aliphatic rings. The summed E-state index contributed by atoms with van der Waals surface area (Å²) >= 11 is 1.31. The smallest absolute Gasteiger partial charge is 0.328 e. The number of aromatic nitrogens is 2. The topological polar surface area (TPSA) is 72.4 Å². The number of piperidine rings is 1. The van der Waals surface area contributed by atoms with Crippen molar-refractivity contribution in [2.24, 2.45) is 0 Å². The van der Waals surface area contributed by atoms with E-state index in [4.69, 9.17) is 4.74 Å². The van der Waals surface area contributed by atoms with Crippen molar-refractivity contribution in [2.45, 2.75) is 44.3 Å². The van der Waals surface area contributed by atoms with E-state index in [0.29, 0.717) is 24.7 Å². The number of benzene rings is 1. The van der Waals surface area contributed by atoms with E-state index < -0.39 is 6.04 Å². The molecule has 0 N–H and O–H groups in total. The largest absolute Gasteiger partial charge is 0.464 e. The molecule has 1 aliphatic heterocycles. The Morgan fingerprint density at radius 2 is 2.00 bits per heavy atom. The molecule has 1 saturated heterocycles. The van der Waals surface area contributed by atoms with Gasteiger partial charge in [-0.3, -0.25) is 4.79 Å². The zero-order valence-electron chi connectivity index (χ0n) is 16.3. The molecule has 1 aromatic carbocycles. The van der Waals surface area contributed by atoms with Crippen molar-refractivity contribution in [1.82, 2.24) is 14.9 Å². The summed E-state index contributed by atoms with van der Waals surface area (Å²) in [7, 11) is 0. The Hall–Kier alpha value is -2.41. The Morgan fingerprint density at radius 1 is 1.21 bits per heavy atom. The van der Waals surface area contributed by atoms with E-state index in [2.05, 4.69) is 9.97 Å². The molecule has 1 amide bonds. The number of carbonyl (C=O) groups is 2. The Morgan fingerprint density at radius 3 is 2.75 bits per heavy atom. The minimum Gasteiger partial charge on any atom is -0.464 e. The van der Waals surface area contributed by atoms with Crippen LogP contribution in [0.15, 0.2) is 41.6 Å². The third-order valence-electron chi connectivity index (χ3n) is 4.61. The first kappa shape index (κ1) is 20.3. The second-order valence-electron chi connectivity index (χ2n) is 6.68. The van der Waals surface area contributed by atoms with Gasteiger partial charge in [-0.1, -0.05) is 42.1 Å². The Bertz CT molecular complexity index is 829. The summed E-state index contributed by atoms with van der Waals surface area (Å²) in [5.74, 6) is -0.180. The first-order valence-corrected chi connectivity index (χ1v) is 10.6. The number of hydrogen-bond donors (Lipinski definition) is 0. The van der Waals surface area contributed by atoms with Crippen molar-refractivity contribution < 1.29 is 14.3 Å². The van der Waals surface area contributed by atoms with Gasteiger partial charge in [0, 0.05) is 17.8 Å². The van der Waals surface area contributed by atoms with Crippen molar-refractivity contribution in [2.75, 3.05) is 18.9 Å². The van der Waals surface area contributed by atoms with Crippen LogP contribution in [0, 0.1) is 6.92 Å². The molecule has 7 heteroatoms. The molecule has 2 heterocycles. The van der Waals surface area contributed by atoms with Crippen molar-refractivity contribution >= 4 is 23.6 Å². The van der Waals surface area contributed by atoms with Crippen LogP contribution in [0.1, 0.15) is 31.9 Å². The van der Waals surface area contributed by atoms with Crippen LogP contribution in [0.25, 0.3) is 11.3 Å². The van der Waals surface area contributed by atoms with Crippen LogP contribution in [0.3, 0.4) is 0 Å². The lowest BCUT2D eigenvalue weighted by atomic mass is 10.0. The summed E-state index contributed by atoms with van der Waals surface area (Å²) in [6, 6.07) is 11.4. The third-order valence-corrected chi connectivity index (χ3v) is 5.44. The molecule has 0 saturated carbocycles. The van der Waals surface area contributed by atoms with E-state index in [-0.39, 0.29) is 17.6 Å². The second kappa shape index (κ2) is 9.68. The maximum Gasteiger partial charge on any atom is 0.328 e. The van der Waals surface area contributed by atoms with Gasteiger partial charge in [-0.05, 0) is 39.2 Å². The average molecular weight is 400 g/mol. The van der Waals surface area contributed by atoms with Crippen LogP contribution in [0.4, 0.5) is 0 Å². The van der Waals surface area contributed by atoms with Crippen molar-refractivity contribution in [3.05, 3.63) is 42.1 Å². The number of likely N-dealkylation sites (tertiary alicyclic amines) is 1. The van der Waals surface area contributed by atoms with E-state index in [1.165, 1.54) is 11.8 Å². The molecule has 148 valence electrons. The molecule has 28 heavy (non-hydrogen) atoms. The molecule has 6 nitrogen and oxygen atoms in total. The Balaban J connectivity index is 1.68. The van der Waals surface area contributed by atoms with E-state index in [1.807, 2.05) is 43.3 Å². The number of nitrogens with zero attached hydrogens (tertiary/aromatic N) is 3. The van der Waals surface area contributed by atoms with Gasteiger partial charge in [0.15, 0.2) is 5.16 Å². The summed E-state index contributed by atoms with van der Waals surface area (Å²) in [6.07, 6.45) is 2.50. The quantitative estimate of drug-likeness (QED) is 0.421. The first-order chi connectivity index (χ1) is 13.6. The molecule has 3 rings (SSSR count). The fourth-order valence-electron chi connectivity index (χ4n) is 3.29. The van der Waals surface area contributed by atoms with Gasteiger partial charge >= 0.3 is 5.97 Å². The van der Waals surface area contributed by atoms with Gasteiger partial charge in [-0.25, -0.2) is 14.8 Å². The molecular formula is C21H25N3O3S. The molecule has 0 spiro atoms. The van der Waals surface area contributed by atoms with E-state index in [1.54, 1.807) is 11.8 Å². The summed E-state index contributed by atoms with van der Waals surface area (Å²) in [5, 5.41) is 0.567. The van der Waals surface area contributed by atoms with Gasteiger partial charge in [-0.15, -0.1) is 0 Å². The minimum atomic E-state index is -0.472. The highest BCUT2D eigenvalue weighted by atomic mass is 32.2. The molecule has 0 bridgehead atoms. The van der Waals surface area contributed by atoms with Crippen LogP contribution in [-0.2, 0) is 14.3 Å². The molecule has 1 atom stereocenters. The fourth-order valence-corrected chi connectivity index (χ4v) is 4.08. The van der Waals surface area contributed by atoms with Gasteiger partial charge < -0.3 is 9.64 Å². The highest BCUT2D eigenvalue weighted by Gasteiger charge is 2.33. The Kier molecular flexibility index (Phi) is 7.03. The average Bonchev–Trinajstić information content (AvgIpc) is 2.72. The van der Waals surface area contributed by atoms with E-state index >= 15 is 0 Å². The zero-order valence-corrected chi connectivity index (χ0v) is 17.1. The predicted octanol–water partition coefficient (Wildman–Crippen LogP) is 3.49. The Labute approximate surface area is 169 Å². The fraction of sp³-hybridized carbons (Fsp3) is 0.429. The number of amides is 1. The summed E-state index contributed by atoms with van der Waals surface area (Å²) in [4.78, 5) is 35.7. The first-order valence-electron chi connectivity index (χ1n) is 9.58. The van der Waals surface area contributed by atoms with Crippen LogP contribution in [-0.4, -0.2) is 51.7 Å². The maximum atomic E-state index is 12.8. The normalized spacial score (nSPS) is 16.6. The van der Waals surface area contributed by atoms with Gasteiger partial charge in [0.1, 0.15) is 6.04 Å². The monoisotopic (exact) mass is 399 g/mol. The van der Waals surface area contributed by atoms with Gasteiger partial charge in [0.2, 0.25) is 5.91 Å². The molecule has 0 radical (unpaired) electrons. The van der Waals surface area contributed by atoms with E-state index in [9.17, 15) is 9.59 Å². The molecule has 1 fully saturated rings. The number of hydrogen-bond acceptors (Lipinski definition) is 6. The maximum absolute atomic E-state index is 12.8. The van der Waals surface area contributed by atoms with Crippen molar-refractivity contribution in [3.8, 4) is 11.3 Å². The molecule has 2 aromatic rings. The van der Waals surface area contributed by atoms with Crippen molar-refractivity contribution in [1.29, 1.82) is 0 Å². The van der Waals surface area contributed by atoms with Gasteiger partial charge in [0.25, 0.3) is 0 Å². The van der Waals surface area contributed by atoms with Crippen LogP contribution < -0.4 is 0 Å². The van der Waals surface area contributed by atoms with Crippen LogP contribution in [0.2, 0.25) is 0 Å². The highest BCUT2D eigenvalue weighted by molar-refractivity contribution is 7.99. The molecule has 1 aromatic heterocycles. The number of rotatable bonds is 6. The van der Waals surface area contributed by atoms with E-state index in [0.717, 1.165) is 29.8 Å². The van der Waals surface area contributed by atoms with Crippen LogP contribution >= 0.6 is 11.8 Å². The zero-order chi connectivity index (χ0) is 19.9. The standard InChI is InChI=1S/C21H25N3O3S/c1-3-27-20(26)18-11-7-8-12-24(18)19(25)14-28-21-22-15(2)13-17(23-21)16-9-5-4-6-10-16/h4-6,9-10,13,18H,3,7-8,11-12,14H2,1-2H3/t18-/m1/s1. The molecular weight excluding hydrogens is 374 g/mol. The van der Waals surface area contributed by atoms with Crippen molar-refractivity contribution in [3.63, 3.8) is 0 Å². The number of esters is 1. The number of thioether (sulfide) groups is 1.